The molecule has 0 aliphatic heterocycles. The molecule has 0 bridgehead atoms. The topological polar surface area (TPSA) is 60.8 Å². The van der Waals surface area contributed by atoms with Gasteiger partial charge in [0.1, 0.15) is 0 Å². The Morgan fingerprint density at radius 3 is 2.53 bits per heavy atom. The van der Waals surface area contributed by atoms with Gasteiger partial charge in [-0.2, -0.15) is 0 Å². The van der Waals surface area contributed by atoms with Gasteiger partial charge in [-0.25, -0.2) is 4.79 Å². The molecule has 0 atom stereocenters. The van der Waals surface area contributed by atoms with Gasteiger partial charge in [0.05, 0.1) is 11.2 Å². The van der Waals surface area contributed by atoms with E-state index in [0.717, 1.165) is 36.9 Å². The Balaban J connectivity index is 2.15. The molecule has 1 fully saturated rings. The van der Waals surface area contributed by atoms with E-state index in [2.05, 4.69) is 0 Å². The number of hydrogen-bond donors (Lipinski definition) is 2. The van der Waals surface area contributed by atoms with E-state index in [0.29, 0.717) is 12.1 Å². The largest absolute Gasteiger partial charge is 0.478 e. The Kier molecular flexibility index (Phi) is 3.80. The van der Waals surface area contributed by atoms with Crippen molar-refractivity contribution >= 4 is 11.7 Å². The maximum Gasteiger partial charge on any atom is 0.335 e. The van der Waals surface area contributed by atoms with E-state index in [1.165, 1.54) is 0 Å². The molecule has 4 heteroatoms. The maximum atomic E-state index is 10.9. The van der Waals surface area contributed by atoms with Crippen LogP contribution < -0.4 is 4.90 Å². The maximum absolute atomic E-state index is 10.9. The zero-order valence-electron chi connectivity index (χ0n) is 11.5. The molecule has 1 saturated carbocycles. The van der Waals surface area contributed by atoms with Crippen molar-refractivity contribution in [1.29, 1.82) is 0 Å². The van der Waals surface area contributed by atoms with Crippen LogP contribution in [0.3, 0.4) is 0 Å². The normalized spacial score (nSPS) is 17.4. The highest BCUT2D eigenvalue weighted by Gasteiger charge is 2.32. The third-order valence-electron chi connectivity index (χ3n) is 3.92. The number of anilines is 1. The molecular formula is C15H21NO3. The van der Waals surface area contributed by atoms with Crippen LogP contribution in [0.15, 0.2) is 18.2 Å². The van der Waals surface area contributed by atoms with E-state index in [-0.39, 0.29) is 0 Å². The lowest BCUT2D eigenvalue weighted by Gasteiger charge is -2.31. The molecule has 0 spiro atoms. The van der Waals surface area contributed by atoms with E-state index in [1.54, 1.807) is 12.1 Å². The van der Waals surface area contributed by atoms with Crippen LogP contribution in [0.25, 0.3) is 0 Å². The van der Waals surface area contributed by atoms with E-state index < -0.39 is 11.6 Å². The monoisotopic (exact) mass is 263 g/mol. The van der Waals surface area contributed by atoms with E-state index in [9.17, 15) is 9.90 Å². The second-order valence-corrected chi connectivity index (χ2v) is 5.59. The number of carboxylic acid groups (broad SMARTS) is 1. The second kappa shape index (κ2) is 5.21. The molecule has 0 heterocycles. The lowest BCUT2D eigenvalue weighted by Crippen LogP contribution is -2.39. The molecule has 0 saturated heterocycles. The van der Waals surface area contributed by atoms with Gasteiger partial charge >= 0.3 is 5.97 Å². The number of hydrogen-bond acceptors (Lipinski definition) is 3. The summed E-state index contributed by atoms with van der Waals surface area (Å²) < 4.78 is 0. The number of likely N-dealkylation sites (N-methyl/N-ethyl adjacent to an activating group) is 1. The molecule has 104 valence electrons. The van der Waals surface area contributed by atoms with Crippen LogP contribution in [0.1, 0.15) is 41.6 Å². The minimum absolute atomic E-state index is 0.300. The van der Waals surface area contributed by atoms with Crippen LogP contribution in [0, 0.1) is 6.92 Å². The smallest absolute Gasteiger partial charge is 0.335 e. The first-order valence-corrected chi connectivity index (χ1v) is 6.69. The van der Waals surface area contributed by atoms with Crippen molar-refractivity contribution in [2.75, 3.05) is 18.5 Å². The zero-order chi connectivity index (χ0) is 14.0. The minimum atomic E-state index is -0.910. The summed E-state index contributed by atoms with van der Waals surface area (Å²) in [7, 11) is 1.94. The van der Waals surface area contributed by atoms with Crippen molar-refractivity contribution in [2.45, 2.75) is 38.2 Å². The fraction of sp³-hybridized carbons (Fsp3) is 0.533. The van der Waals surface area contributed by atoms with E-state index in [1.807, 2.05) is 24.9 Å². The number of aromatic carboxylic acids is 1. The van der Waals surface area contributed by atoms with Gasteiger partial charge in [-0.05, 0) is 43.5 Å². The summed E-state index contributed by atoms with van der Waals surface area (Å²) >= 11 is 0. The number of nitrogens with zero attached hydrogens (tertiary/aromatic N) is 1. The average molecular weight is 263 g/mol. The molecule has 4 nitrogen and oxygen atoms in total. The van der Waals surface area contributed by atoms with Crippen molar-refractivity contribution in [3.8, 4) is 0 Å². The summed E-state index contributed by atoms with van der Waals surface area (Å²) in [5.74, 6) is -0.910. The van der Waals surface area contributed by atoms with Gasteiger partial charge in [0.15, 0.2) is 0 Å². The van der Waals surface area contributed by atoms with Crippen LogP contribution in [0.2, 0.25) is 0 Å². The molecule has 0 unspecified atom stereocenters. The molecule has 1 aliphatic carbocycles. The fourth-order valence-electron chi connectivity index (χ4n) is 2.93. The van der Waals surface area contributed by atoms with Gasteiger partial charge in [0.2, 0.25) is 0 Å². The highest BCUT2D eigenvalue weighted by molar-refractivity contribution is 5.88. The molecule has 1 aromatic rings. The van der Waals surface area contributed by atoms with Crippen molar-refractivity contribution in [3.63, 3.8) is 0 Å². The molecule has 1 aliphatic rings. The fourth-order valence-corrected chi connectivity index (χ4v) is 2.93. The Morgan fingerprint density at radius 2 is 2.00 bits per heavy atom. The third kappa shape index (κ3) is 3.07. The number of benzene rings is 1. The van der Waals surface area contributed by atoms with Crippen LogP contribution in [0.5, 0.6) is 0 Å². The summed E-state index contributed by atoms with van der Waals surface area (Å²) in [4.78, 5) is 12.9. The Bertz CT molecular complexity index is 478. The number of carbonyl (C=O) groups is 1. The molecule has 0 radical (unpaired) electrons. The van der Waals surface area contributed by atoms with Gasteiger partial charge in [0.25, 0.3) is 0 Å². The first-order chi connectivity index (χ1) is 8.91. The second-order valence-electron chi connectivity index (χ2n) is 5.59. The molecule has 19 heavy (non-hydrogen) atoms. The molecule has 0 aromatic heterocycles. The van der Waals surface area contributed by atoms with E-state index >= 15 is 0 Å². The van der Waals surface area contributed by atoms with Gasteiger partial charge < -0.3 is 15.1 Å². The molecular weight excluding hydrogens is 242 g/mol. The predicted molar refractivity (Wildman–Crippen MR) is 74.8 cm³/mol. The van der Waals surface area contributed by atoms with Crippen molar-refractivity contribution in [3.05, 3.63) is 29.3 Å². The average Bonchev–Trinajstić information content (AvgIpc) is 2.75. The highest BCUT2D eigenvalue weighted by Crippen LogP contribution is 2.32. The Morgan fingerprint density at radius 1 is 1.37 bits per heavy atom. The Labute approximate surface area is 113 Å². The van der Waals surface area contributed by atoms with Crippen LogP contribution in [0.4, 0.5) is 5.69 Å². The minimum Gasteiger partial charge on any atom is -0.478 e. The molecule has 2 N–H and O–H groups in total. The number of aryl methyl sites for hydroxylation is 1. The van der Waals surface area contributed by atoms with Crippen LogP contribution in [-0.4, -0.2) is 35.4 Å². The van der Waals surface area contributed by atoms with E-state index in [4.69, 9.17) is 5.11 Å². The molecule has 1 aromatic carbocycles. The van der Waals surface area contributed by atoms with Gasteiger partial charge in [0, 0.05) is 19.3 Å². The molecule has 0 amide bonds. The summed E-state index contributed by atoms with van der Waals surface area (Å²) in [5.41, 5.74) is 1.61. The van der Waals surface area contributed by atoms with Crippen molar-refractivity contribution in [1.82, 2.24) is 0 Å². The predicted octanol–water partition coefficient (Wildman–Crippen LogP) is 2.43. The van der Waals surface area contributed by atoms with Crippen molar-refractivity contribution in [2.24, 2.45) is 0 Å². The lowest BCUT2D eigenvalue weighted by atomic mass is 10.0. The lowest BCUT2D eigenvalue weighted by molar-refractivity contribution is 0.0558. The quantitative estimate of drug-likeness (QED) is 0.876. The van der Waals surface area contributed by atoms with Gasteiger partial charge in [-0.1, -0.05) is 12.8 Å². The standard InChI is InChI=1S/C15H21NO3/c1-11-9-12(14(17)18)5-6-13(11)16(2)10-15(19)7-3-4-8-15/h5-6,9,19H,3-4,7-8,10H2,1-2H3,(H,17,18). The summed E-state index contributed by atoms with van der Waals surface area (Å²) in [6.07, 6.45) is 3.87. The third-order valence-corrected chi connectivity index (χ3v) is 3.92. The number of aliphatic hydroxyl groups is 1. The Hall–Kier alpha value is -1.55. The van der Waals surface area contributed by atoms with Gasteiger partial charge in [-0.15, -0.1) is 0 Å². The number of carboxylic acids is 1. The zero-order valence-corrected chi connectivity index (χ0v) is 11.5. The first-order valence-electron chi connectivity index (χ1n) is 6.69. The number of rotatable bonds is 4. The molecule has 2 rings (SSSR count). The van der Waals surface area contributed by atoms with Crippen molar-refractivity contribution < 1.29 is 15.0 Å². The summed E-state index contributed by atoms with van der Waals surface area (Å²) in [6, 6.07) is 5.10. The SMILES string of the molecule is Cc1cc(C(=O)O)ccc1N(C)CC1(O)CCCC1. The van der Waals surface area contributed by atoms with Crippen LogP contribution >= 0.6 is 0 Å². The van der Waals surface area contributed by atoms with Crippen LogP contribution in [-0.2, 0) is 0 Å². The highest BCUT2D eigenvalue weighted by atomic mass is 16.4. The summed E-state index contributed by atoms with van der Waals surface area (Å²) in [5, 5.41) is 19.4. The van der Waals surface area contributed by atoms with Gasteiger partial charge in [-0.3, -0.25) is 0 Å². The summed E-state index contributed by atoms with van der Waals surface area (Å²) in [6.45, 7) is 2.50. The first kappa shape index (κ1) is 13.9.